The molecule has 0 unspecified atom stereocenters. The first kappa shape index (κ1) is 12.4. The van der Waals surface area contributed by atoms with Gasteiger partial charge in [-0.3, -0.25) is 4.79 Å². The van der Waals surface area contributed by atoms with Crippen LogP contribution in [0.1, 0.15) is 5.56 Å². The van der Waals surface area contributed by atoms with Crippen molar-refractivity contribution in [1.82, 2.24) is 9.78 Å². The topological polar surface area (TPSA) is 72.9 Å². The molecule has 2 rings (SSSR count). The summed E-state index contributed by atoms with van der Waals surface area (Å²) >= 11 is 5.93. The molecule has 0 radical (unpaired) electrons. The summed E-state index contributed by atoms with van der Waals surface area (Å²) in [7, 11) is 1.55. The number of benzene rings is 1. The Hall–Kier alpha value is -2.01. The average molecular weight is 265 g/mol. The molecular weight excluding hydrogens is 252 g/mol. The van der Waals surface area contributed by atoms with Crippen LogP contribution in [0.25, 0.3) is 0 Å². The van der Waals surface area contributed by atoms with E-state index in [1.165, 1.54) is 10.9 Å². The summed E-state index contributed by atoms with van der Waals surface area (Å²) in [6.45, 7) is 0.550. The molecule has 0 fully saturated rings. The van der Waals surface area contributed by atoms with E-state index < -0.39 is 0 Å². The molecule has 0 aliphatic carbocycles. The lowest BCUT2D eigenvalue weighted by molar-refractivity contribution is 0.708. The van der Waals surface area contributed by atoms with Gasteiger partial charge in [0.15, 0.2) is 0 Å². The van der Waals surface area contributed by atoms with Crippen LogP contribution in [0.4, 0.5) is 11.4 Å². The molecule has 1 heterocycles. The van der Waals surface area contributed by atoms with Crippen LogP contribution in [0.3, 0.4) is 0 Å². The van der Waals surface area contributed by atoms with E-state index >= 15 is 0 Å². The third kappa shape index (κ3) is 2.62. The zero-order valence-electron chi connectivity index (χ0n) is 9.85. The van der Waals surface area contributed by atoms with Crippen LogP contribution >= 0.6 is 11.6 Å². The summed E-state index contributed by atoms with van der Waals surface area (Å²) in [5.41, 5.74) is 7.56. The highest BCUT2D eigenvalue weighted by Crippen LogP contribution is 2.16. The lowest BCUT2D eigenvalue weighted by Crippen LogP contribution is -2.21. The minimum atomic E-state index is -0.320. The second-order valence-electron chi connectivity index (χ2n) is 3.90. The van der Waals surface area contributed by atoms with Crippen molar-refractivity contribution in [3.63, 3.8) is 0 Å². The van der Waals surface area contributed by atoms with Gasteiger partial charge in [0.2, 0.25) is 0 Å². The van der Waals surface area contributed by atoms with E-state index in [4.69, 9.17) is 17.3 Å². The van der Waals surface area contributed by atoms with E-state index in [9.17, 15) is 4.79 Å². The minimum absolute atomic E-state index is 0.142. The monoisotopic (exact) mass is 264 g/mol. The second-order valence-corrected chi connectivity index (χ2v) is 4.27. The lowest BCUT2D eigenvalue weighted by atomic mass is 10.2. The standard InChI is InChI=1S/C12H13ClN4O/c1-17-12(18)11(13)10(7-16-17)15-6-8-2-4-9(14)5-3-8/h2-5,7,15H,6,14H2,1H3. The van der Waals surface area contributed by atoms with Crippen LogP contribution in [-0.4, -0.2) is 9.78 Å². The van der Waals surface area contributed by atoms with Crippen LogP contribution < -0.4 is 16.6 Å². The normalized spacial score (nSPS) is 10.3. The molecule has 2 aromatic rings. The third-order valence-corrected chi connectivity index (χ3v) is 2.91. The van der Waals surface area contributed by atoms with Crippen molar-refractivity contribution in [1.29, 1.82) is 0 Å². The van der Waals surface area contributed by atoms with Crippen LogP contribution in [0.2, 0.25) is 5.02 Å². The molecule has 0 aliphatic heterocycles. The Labute approximate surface area is 109 Å². The smallest absolute Gasteiger partial charge is 0.287 e. The van der Waals surface area contributed by atoms with Crippen molar-refractivity contribution in [2.24, 2.45) is 7.05 Å². The molecule has 0 saturated carbocycles. The molecular formula is C12H13ClN4O. The Morgan fingerprint density at radius 2 is 2.06 bits per heavy atom. The number of hydrogen-bond acceptors (Lipinski definition) is 4. The summed E-state index contributed by atoms with van der Waals surface area (Å²) < 4.78 is 1.19. The fourth-order valence-corrected chi connectivity index (χ4v) is 1.70. The summed E-state index contributed by atoms with van der Waals surface area (Å²) in [6.07, 6.45) is 1.53. The van der Waals surface area contributed by atoms with Crippen LogP contribution in [0.15, 0.2) is 35.3 Å². The van der Waals surface area contributed by atoms with Crippen LogP contribution in [0.5, 0.6) is 0 Å². The van der Waals surface area contributed by atoms with Gasteiger partial charge in [-0.25, -0.2) is 4.68 Å². The number of nitrogens with zero attached hydrogens (tertiary/aromatic N) is 2. The maximum Gasteiger partial charge on any atom is 0.287 e. The van der Waals surface area contributed by atoms with Gasteiger partial charge in [0, 0.05) is 19.3 Å². The van der Waals surface area contributed by atoms with Crippen molar-refractivity contribution in [2.45, 2.75) is 6.54 Å². The highest BCUT2D eigenvalue weighted by atomic mass is 35.5. The van der Waals surface area contributed by atoms with E-state index in [0.29, 0.717) is 17.9 Å². The number of halogens is 1. The van der Waals surface area contributed by atoms with Gasteiger partial charge in [-0.2, -0.15) is 5.10 Å². The average Bonchev–Trinajstić information content (AvgIpc) is 2.37. The van der Waals surface area contributed by atoms with E-state index in [1.807, 2.05) is 24.3 Å². The SMILES string of the molecule is Cn1ncc(NCc2ccc(N)cc2)c(Cl)c1=O. The first-order valence-corrected chi connectivity index (χ1v) is 5.76. The molecule has 0 spiro atoms. The third-order valence-electron chi connectivity index (χ3n) is 2.54. The molecule has 1 aromatic carbocycles. The first-order valence-electron chi connectivity index (χ1n) is 5.38. The van der Waals surface area contributed by atoms with Gasteiger partial charge < -0.3 is 11.1 Å². The highest BCUT2D eigenvalue weighted by molar-refractivity contribution is 6.32. The van der Waals surface area contributed by atoms with Crippen molar-refractivity contribution >= 4 is 23.0 Å². The molecule has 0 atom stereocenters. The number of rotatable bonds is 3. The number of aryl methyl sites for hydroxylation is 1. The molecule has 1 aromatic heterocycles. The largest absolute Gasteiger partial charge is 0.399 e. The molecule has 3 N–H and O–H groups in total. The zero-order valence-corrected chi connectivity index (χ0v) is 10.6. The Morgan fingerprint density at radius 1 is 1.39 bits per heavy atom. The summed E-state index contributed by atoms with van der Waals surface area (Å²) in [6, 6.07) is 7.46. The number of nitrogens with one attached hydrogen (secondary N) is 1. The Bertz CT molecular complexity index is 606. The Balaban J connectivity index is 2.13. The second kappa shape index (κ2) is 5.10. The van der Waals surface area contributed by atoms with E-state index in [-0.39, 0.29) is 10.6 Å². The molecule has 0 aliphatic rings. The van der Waals surface area contributed by atoms with Gasteiger partial charge in [0.25, 0.3) is 5.56 Å². The number of nitrogens with two attached hydrogens (primary N) is 1. The summed E-state index contributed by atoms with van der Waals surface area (Å²) in [5.74, 6) is 0. The summed E-state index contributed by atoms with van der Waals surface area (Å²) in [4.78, 5) is 11.6. The van der Waals surface area contributed by atoms with Gasteiger partial charge >= 0.3 is 0 Å². The maximum atomic E-state index is 11.6. The van der Waals surface area contributed by atoms with Crippen molar-refractivity contribution in [3.8, 4) is 0 Å². The fraction of sp³-hybridized carbons (Fsp3) is 0.167. The lowest BCUT2D eigenvalue weighted by Gasteiger charge is -2.08. The molecule has 0 saturated heterocycles. The van der Waals surface area contributed by atoms with E-state index in [2.05, 4.69) is 10.4 Å². The maximum absolute atomic E-state index is 11.6. The number of aromatic nitrogens is 2. The minimum Gasteiger partial charge on any atom is -0.399 e. The predicted molar refractivity (Wildman–Crippen MR) is 72.7 cm³/mol. The van der Waals surface area contributed by atoms with Gasteiger partial charge in [-0.05, 0) is 17.7 Å². The highest BCUT2D eigenvalue weighted by Gasteiger charge is 2.06. The zero-order chi connectivity index (χ0) is 13.1. The van der Waals surface area contributed by atoms with Gasteiger partial charge in [-0.15, -0.1) is 0 Å². The fourth-order valence-electron chi connectivity index (χ4n) is 1.47. The number of nitrogen functional groups attached to an aromatic ring is 1. The predicted octanol–water partition coefficient (Wildman–Crippen LogP) is 1.63. The van der Waals surface area contributed by atoms with Gasteiger partial charge in [0.05, 0.1) is 11.9 Å². The Morgan fingerprint density at radius 3 is 2.72 bits per heavy atom. The van der Waals surface area contributed by atoms with E-state index in [0.717, 1.165) is 5.56 Å². The molecule has 94 valence electrons. The van der Waals surface area contributed by atoms with Crippen LogP contribution in [0, 0.1) is 0 Å². The first-order chi connectivity index (χ1) is 8.58. The van der Waals surface area contributed by atoms with Gasteiger partial charge in [-0.1, -0.05) is 23.7 Å². The molecule has 5 nitrogen and oxygen atoms in total. The molecule has 18 heavy (non-hydrogen) atoms. The number of hydrogen-bond donors (Lipinski definition) is 2. The number of anilines is 2. The summed E-state index contributed by atoms with van der Waals surface area (Å²) in [5, 5.41) is 7.11. The van der Waals surface area contributed by atoms with Crippen LogP contribution in [-0.2, 0) is 13.6 Å². The van der Waals surface area contributed by atoms with Crippen molar-refractivity contribution in [3.05, 3.63) is 51.4 Å². The van der Waals surface area contributed by atoms with E-state index in [1.54, 1.807) is 7.05 Å². The molecule has 6 heteroatoms. The Kier molecular flexibility index (Phi) is 3.53. The van der Waals surface area contributed by atoms with Crippen molar-refractivity contribution in [2.75, 3.05) is 11.1 Å². The van der Waals surface area contributed by atoms with Gasteiger partial charge in [0.1, 0.15) is 5.02 Å². The van der Waals surface area contributed by atoms with Crippen molar-refractivity contribution < 1.29 is 0 Å². The molecule has 0 amide bonds. The molecule has 0 bridgehead atoms. The quantitative estimate of drug-likeness (QED) is 0.827.